The quantitative estimate of drug-likeness (QED) is 0.676. The third-order valence-corrected chi connectivity index (χ3v) is 2.56. The molecule has 0 aliphatic carbocycles. The standard InChI is InChI=1S/C11H16N6O2/c1-18-10-8(11(19-2)15-6-14-10)5-12-4-3-9-13-7-16-17-9/h6-7,12H,3-5H2,1-2H3,(H,13,16,17). The Balaban J connectivity index is 1.91. The molecule has 102 valence electrons. The fourth-order valence-corrected chi connectivity index (χ4v) is 1.66. The molecule has 0 saturated heterocycles. The highest BCUT2D eigenvalue weighted by Gasteiger charge is 2.12. The SMILES string of the molecule is COc1ncnc(OC)c1CNCCc1ncn[nH]1. The van der Waals surface area contributed by atoms with Crippen LogP contribution in [-0.2, 0) is 13.0 Å². The number of nitrogens with one attached hydrogen (secondary N) is 2. The summed E-state index contributed by atoms with van der Waals surface area (Å²) in [6.45, 7) is 1.30. The van der Waals surface area contributed by atoms with Gasteiger partial charge in [0.1, 0.15) is 18.5 Å². The summed E-state index contributed by atoms with van der Waals surface area (Å²) in [6.07, 6.45) is 3.67. The summed E-state index contributed by atoms with van der Waals surface area (Å²) >= 11 is 0. The number of aromatic amines is 1. The van der Waals surface area contributed by atoms with Crippen molar-refractivity contribution in [2.75, 3.05) is 20.8 Å². The summed E-state index contributed by atoms with van der Waals surface area (Å²) in [6, 6.07) is 0. The number of methoxy groups -OCH3 is 2. The van der Waals surface area contributed by atoms with Crippen LogP contribution in [0.5, 0.6) is 11.8 Å². The van der Waals surface area contributed by atoms with E-state index in [0.29, 0.717) is 18.3 Å². The molecule has 0 fully saturated rings. The van der Waals surface area contributed by atoms with Crippen LogP contribution in [0.1, 0.15) is 11.4 Å². The number of hydrogen-bond acceptors (Lipinski definition) is 7. The second-order valence-electron chi connectivity index (χ2n) is 3.73. The van der Waals surface area contributed by atoms with Crippen molar-refractivity contribution in [1.29, 1.82) is 0 Å². The second kappa shape index (κ2) is 6.64. The molecule has 8 heteroatoms. The largest absolute Gasteiger partial charge is 0.481 e. The predicted molar refractivity (Wildman–Crippen MR) is 66.9 cm³/mol. The minimum atomic E-state index is 0.513. The second-order valence-corrected chi connectivity index (χ2v) is 3.73. The van der Waals surface area contributed by atoms with Crippen molar-refractivity contribution < 1.29 is 9.47 Å². The fourth-order valence-electron chi connectivity index (χ4n) is 1.66. The lowest BCUT2D eigenvalue weighted by molar-refractivity contribution is 0.359. The average Bonchev–Trinajstić information content (AvgIpc) is 2.96. The van der Waals surface area contributed by atoms with Crippen LogP contribution in [-0.4, -0.2) is 45.9 Å². The van der Waals surface area contributed by atoms with Gasteiger partial charge in [-0.3, -0.25) is 5.10 Å². The van der Waals surface area contributed by atoms with Gasteiger partial charge in [0.05, 0.1) is 19.8 Å². The van der Waals surface area contributed by atoms with Crippen molar-refractivity contribution in [1.82, 2.24) is 30.5 Å². The summed E-state index contributed by atoms with van der Waals surface area (Å²) in [5.74, 6) is 1.87. The zero-order chi connectivity index (χ0) is 13.5. The molecular weight excluding hydrogens is 248 g/mol. The normalized spacial score (nSPS) is 10.4. The molecule has 2 heterocycles. The minimum Gasteiger partial charge on any atom is -0.481 e. The van der Waals surface area contributed by atoms with E-state index in [4.69, 9.17) is 9.47 Å². The first-order valence-corrected chi connectivity index (χ1v) is 5.82. The first-order chi connectivity index (χ1) is 9.35. The van der Waals surface area contributed by atoms with Crippen LogP contribution in [0.15, 0.2) is 12.7 Å². The monoisotopic (exact) mass is 264 g/mol. The molecule has 0 aromatic carbocycles. The molecule has 0 amide bonds. The van der Waals surface area contributed by atoms with Gasteiger partial charge in [-0.15, -0.1) is 0 Å². The number of ether oxygens (including phenoxy) is 2. The average molecular weight is 264 g/mol. The molecule has 0 aliphatic rings. The topological polar surface area (TPSA) is 97.8 Å². The van der Waals surface area contributed by atoms with E-state index in [1.165, 1.54) is 12.7 Å². The third-order valence-electron chi connectivity index (χ3n) is 2.56. The summed E-state index contributed by atoms with van der Waals surface area (Å²) in [4.78, 5) is 12.2. The van der Waals surface area contributed by atoms with E-state index in [9.17, 15) is 0 Å². The summed E-state index contributed by atoms with van der Waals surface area (Å²) in [5, 5.41) is 9.86. The van der Waals surface area contributed by atoms with E-state index in [1.54, 1.807) is 14.2 Å². The fraction of sp³-hybridized carbons (Fsp3) is 0.455. The van der Waals surface area contributed by atoms with Crippen LogP contribution in [0.3, 0.4) is 0 Å². The van der Waals surface area contributed by atoms with E-state index < -0.39 is 0 Å². The number of aromatic nitrogens is 5. The molecule has 2 N–H and O–H groups in total. The molecule has 0 unspecified atom stereocenters. The smallest absolute Gasteiger partial charge is 0.224 e. The molecule has 8 nitrogen and oxygen atoms in total. The van der Waals surface area contributed by atoms with E-state index in [0.717, 1.165) is 24.4 Å². The molecule has 0 radical (unpaired) electrons. The summed E-state index contributed by atoms with van der Waals surface area (Å²) in [5.41, 5.74) is 0.796. The minimum absolute atomic E-state index is 0.513. The molecule has 0 bridgehead atoms. The lowest BCUT2D eigenvalue weighted by Gasteiger charge is -2.11. The Morgan fingerprint density at radius 3 is 2.42 bits per heavy atom. The molecule has 0 saturated carbocycles. The number of rotatable bonds is 7. The van der Waals surface area contributed by atoms with Crippen LogP contribution in [0.25, 0.3) is 0 Å². The van der Waals surface area contributed by atoms with Gasteiger partial charge in [-0.05, 0) is 0 Å². The maximum absolute atomic E-state index is 5.19. The van der Waals surface area contributed by atoms with Crippen LogP contribution in [0.2, 0.25) is 0 Å². The van der Waals surface area contributed by atoms with Crippen LogP contribution in [0.4, 0.5) is 0 Å². The molecule has 2 aromatic rings. The van der Waals surface area contributed by atoms with Gasteiger partial charge in [-0.25, -0.2) is 15.0 Å². The third kappa shape index (κ3) is 3.38. The Kier molecular flexibility index (Phi) is 4.62. The van der Waals surface area contributed by atoms with Gasteiger partial charge < -0.3 is 14.8 Å². The molecule has 2 rings (SSSR count). The van der Waals surface area contributed by atoms with Gasteiger partial charge in [0.25, 0.3) is 0 Å². The van der Waals surface area contributed by atoms with Crippen molar-refractivity contribution in [2.24, 2.45) is 0 Å². The van der Waals surface area contributed by atoms with Gasteiger partial charge in [0.2, 0.25) is 11.8 Å². The van der Waals surface area contributed by atoms with Gasteiger partial charge in [0, 0.05) is 19.5 Å². The Morgan fingerprint density at radius 2 is 1.84 bits per heavy atom. The van der Waals surface area contributed by atoms with Crippen molar-refractivity contribution in [2.45, 2.75) is 13.0 Å². The summed E-state index contributed by atoms with van der Waals surface area (Å²) in [7, 11) is 3.14. The van der Waals surface area contributed by atoms with Crippen molar-refractivity contribution in [3.05, 3.63) is 24.0 Å². The maximum atomic E-state index is 5.19. The zero-order valence-electron chi connectivity index (χ0n) is 10.9. The van der Waals surface area contributed by atoms with Crippen LogP contribution < -0.4 is 14.8 Å². The Morgan fingerprint density at radius 1 is 1.11 bits per heavy atom. The molecule has 0 spiro atoms. The zero-order valence-corrected chi connectivity index (χ0v) is 10.9. The number of hydrogen-bond donors (Lipinski definition) is 2. The predicted octanol–water partition coefficient (Wildman–Crippen LogP) is -0.0558. The van der Waals surface area contributed by atoms with Gasteiger partial charge in [-0.1, -0.05) is 0 Å². The molecule has 19 heavy (non-hydrogen) atoms. The number of nitrogens with zero attached hydrogens (tertiary/aromatic N) is 4. The molecular formula is C11H16N6O2. The first kappa shape index (κ1) is 13.2. The number of H-pyrrole nitrogens is 1. The van der Waals surface area contributed by atoms with E-state index in [1.807, 2.05) is 0 Å². The van der Waals surface area contributed by atoms with Crippen LogP contribution >= 0.6 is 0 Å². The molecule has 0 aliphatic heterocycles. The van der Waals surface area contributed by atoms with E-state index in [-0.39, 0.29) is 0 Å². The van der Waals surface area contributed by atoms with E-state index >= 15 is 0 Å². The Labute approximate surface area is 110 Å². The lowest BCUT2D eigenvalue weighted by atomic mass is 10.3. The van der Waals surface area contributed by atoms with Crippen molar-refractivity contribution >= 4 is 0 Å². The maximum Gasteiger partial charge on any atom is 0.224 e. The highest BCUT2D eigenvalue weighted by Crippen LogP contribution is 2.22. The van der Waals surface area contributed by atoms with E-state index in [2.05, 4.69) is 30.5 Å². The van der Waals surface area contributed by atoms with Gasteiger partial charge >= 0.3 is 0 Å². The first-order valence-electron chi connectivity index (χ1n) is 5.82. The van der Waals surface area contributed by atoms with Crippen LogP contribution in [0, 0.1) is 0 Å². The summed E-state index contributed by atoms with van der Waals surface area (Å²) < 4.78 is 10.4. The Hall–Kier alpha value is -2.22. The molecule has 0 atom stereocenters. The van der Waals surface area contributed by atoms with Gasteiger partial charge in [-0.2, -0.15) is 5.10 Å². The molecule has 2 aromatic heterocycles. The highest BCUT2D eigenvalue weighted by molar-refractivity contribution is 5.34. The van der Waals surface area contributed by atoms with Crippen molar-refractivity contribution in [3.8, 4) is 11.8 Å². The Bertz CT molecular complexity index is 480. The van der Waals surface area contributed by atoms with Gasteiger partial charge in [0.15, 0.2) is 0 Å². The highest BCUT2D eigenvalue weighted by atomic mass is 16.5. The lowest BCUT2D eigenvalue weighted by Crippen LogP contribution is -2.18. The van der Waals surface area contributed by atoms with Crippen molar-refractivity contribution in [3.63, 3.8) is 0 Å².